The fourth-order valence-corrected chi connectivity index (χ4v) is 4.73. The number of carboxylic acid groups (broad SMARTS) is 1. The predicted octanol–water partition coefficient (Wildman–Crippen LogP) is 5.64. The zero-order valence-corrected chi connectivity index (χ0v) is 25.4. The number of esters is 1. The Morgan fingerprint density at radius 3 is 2.36 bits per heavy atom. The third-order valence-electron chi connectivity index (χ3n) is 6.76. The van der Waals surface area contributed by atoms with Gasteiger partial charge in [-0.2, -0.15) is 13.2 Å². The van der Waals surface area contributed by atoms with Crippen molar-refractivity contribution in [2.24, 2.45) is 5.92 Å². The molecule has 10 nitrogen and oxygen atoms in total. The van der Waals surface area contributed by atoms with E-state index in [4.69, 9.17) is 28.4 Å². The first-order valence-corrected chi connectivity index (χ1v) is 13.9. The summed E-state index contributed by atoms with van der Waals surface area (Å²) < 4.78 is 74.3. The second-order valence-corrected chi connectivity index (χ2v) is 10.7. The summed E-state index contributed by atoms with van der Waals surface area (Å²) >= 11 is 0. The van der Waals surface area contributed by atoms with Crippen molar-refractivity contribution in [2.75, 3.05) is 21.0 Å². The molecule has 5 unspecified atom stereocenters. The highest BCUT2D eigenvalue weighted by Gasteiger charge is 2.46. The summed E-state index contributed by atoms with van der Waals surface area (Å²) in [6.07, 6.45) is -4.87. The molecule has 1 saturated heterocycles. The van der Waals surface area contributed by atoms with Crippen molar-refractivity contribution < 1.29 is 61.4 Å². The van der Waals surface area contributed by atoms with Crippen molar-refractivity contribution in [3.8, 4) is 11.5 Å². The molecule has 0 aromatic heterocycles. The number of methoxy groups -OCH3 is 2. The van der Waals surface area contributed by atoms with E-state index in [-0.39, 0.29) is 35.7 Å². The largest absolute Gasteiger partial charge is 0.497 e. The van der Waals surface area contributed by atoms with Crippen molar-refractivity contribution in [1.29, 1.82) is 0 Å². The van der Waals surface area contributed by atoms with E-state index in [1.54, 1.807) is 38.1 Å². The molecular weight excluding hydrogens is 601 g/mol. The van der Waals surface area contributed by atoms with Gasteiger partial charge in [0.2, 0.25) is 0 Å². The van der Waals surface area contributed by atoms with Crippen LogP contribution in [0.3, 0.4) is 0 Å². The highest BCUT2D eigenvalue weighted by Crippen LogP contribution is 2.36. The SMILES string of the molecule is COCOc1cc(OC)cc(C=CCC2OC(C)(C)OC2C(C=CC(C(C)O)C(F)(F)F)OC(=O)c2ccccc2)c1C(=O)O. The quantitative estimate of drug-likeness (QED) is 0.152. The first kappa shape index (κ1) is 35.6. The van der Waals surface area contributed by atoms with Gasteiger partial charge in [-0.3, -0.25) is 0 Å². The summed E-state index contributed by atoms with van der Waals surface area (Å²) in [5, 5.41) is 19.7. The van der Waals surface area contributed by atoms with Gasteiger partial charge >= 0.3 is 18.1 Å². The van der Waals surface area contributed by atoms with Gasteiger partial charge in [0.25, 0.3) is 0 Å². The standard InChI is InChI=1S/C32H37F3O10/c1-19(36)23(32(33,34)35)14-15-24(43-30(39)20-10-7-6-8-11-20)28-25(44-31(2,3)45-28)13-9-12-21-16-22(41-5)17-26(42-18-40-4)27(21)29(37)38/h6-12,14-17,19,23-25,28,36H,13,18H2,1-5H3,(H,37,38). The summed E-state index contributed by atoms with van der Waals surface area (Å²) in [5.74, 6) is -5.19. The molecule has 1 heterocycles. The maximum Gasteiger partial charge on any atom is 0.397 e. The van der Waals surface area contributed by atoms with Crippen LogP contribution in [0.5, 0.6) is 11.5 Å². The molecule has 2 aromatic carbocycles. The number of rotatable bonds is 14. The van der Waals surface area contributed by atoms with Gasteiger partial charge < -0.3 is 38.6 Å². The van der Waals surface area contributed by atoms with E-state index in [2.05, 4.69) is 0 Å². The fraction of sp³-hybridized carbons (Fsp3) is 0.438. The molecule has 3 rings (SSSR count). The van der Waals surface area contributed by atoms with Crippen LogP contribution in [0.4, 0.5) is 13.2 Å². The van der Waals surface area contributed by atoms with E-state index in [0.717, 1.165) is 19.1 Å². The maximum absolute atomic E-state index is 13.6. The lowest BCUT2D eigenvalue weighted by Gasteiger charge is -2.25. The van der Waals surface area contributed by atoms with E-state index in [0.29, 0.717) is 5.75 Å². The number of ether oxygens (including phenoxy) is 6. The minimum atomic E-state index is -4.77. The van der Waals surface area contributed by atoms with E-state index in [9.17, 15) is 33.0 Å². The van der Waals surface area contributed by atoms with Gasteiger partial charge in [0.05, 0.1) is 30.8 Å². The number of carbonyl (C=O) groups is 2. The van der Waals surface area contributed by atoms with Crippen LogP contribution < -0.4 is 9.47 Å². The van der Waals surface area contributed by atoms with Crippen molar-refractivity contribution in [3.63, 3.8) is 0 Å². The molecule has 1 aliphatic heterocycles. The molecule has 1 fully saturated rings. The van der Waals surface area contributed by atoms with Crippen LogP contribution in [0.25, 0.3) is 6.08 Å². The average Bonchev–Trinajstić information content (AvgIpc) is 3.28. The fourth-order valence-electron chi connectivity index (χ4n) is 4.73. The Bertz CT molecular complexity index is 1350. The van der Waals surface area contributed by atoms with Gasteiger partial charge in [-0.05, 0) is 57.0 Å². The van der Waals surface area contributed by atoms with Gasteiger partial charge in [0.15, 0.2) is 12.6 Å². The molecule has 2 N–H and O–H groups in total. The number of aromatic carboxylic acids is 1. The molecule has 0 saturated carbocycles. The summed E-state index contributed by atoms with van der Waals surface area (Å²) in [5.41, 5.74) is 0.247. The maximum atomic E-state index is 13.6. The van der Waals surface area contributed by atoms with Crippen LogP contribution in [-0.4, -0.2) is 79.5 Å². The molecule has 1 aliphatic rings. The molecule has 5 atom stereocenters. The second kappa shape index (κ2) is 15.4. The molecule has 13 heteroatoms. The summed E-state index contributed by atoms with van der Waals surface area (Å²) in [7, 11) is 2.79. The molecule has 0 aliphatic carbocycles. The van der Waals surface area contributed by atoms with Crippen LogP contribution in [0.1, 0.15) is 53.5 Å². The number of benzene rings is 2. The summed E-state index contributed by atoms with van der Waals surface area (Å²) in [6, 6.07) is 10.8. The van der Waals surface area contributed by atoms with Crippen LogP contribution >= 0.6 is 0 Å². The van der Waals surface area contributed by atoms with Gasteiger partial charge in [-0.15, -0.1) is 0 Å². The summed E-state index contributed by atoms with van der Waals surface area (Å²) in [6.45, 7) is 4.00. The van der Waals surface area contributed by atoms with Crippen molar-refractivity contribution in [3.05, 3.63) is 77.4 Å². The lowest BCUT2D eigenvalue weighted by Crippen LogP contribution is -2.38. The molecule has 0 radical (unpaired) electrons. The lowest BCUT2D eigenvalue weighted by molar-refractivity contribution is -0.182. The number of carbonyl (C=O) groups excluding carboxylic acids is 1. The van der Waals surface area contributed by atoms with Crippen molar-refractivity contribution in [2.45, 2.75) is 63.6 Å². The number of aliphatic hydroxyl groups excluding tert-OH is 1. The van der Waals surface area contributed by atoms with Gasteiger partial charge in [0.1, 0.15) is 29.3 Å². The zero-order chi connectivity index (χ0) is 33.4. The number of alkyl halides is 3. The first-order chi connectivity index (χ1) is 21.2. The Balaban J connectivity index is 1.97. The molecule has 0 spiro atoms. The normalized spacial score (nSPS) is 20.2. The van der Waals surface area contributed by atoms with Crippen molar-refractivity contribution >= 4 is 18.0 Å². The lowest BCUT2D eigenvalue weighted by atomic mass is 9.98. The summed E-state index contributed by atoms with van der Waals surface area (Å²) in [4.78, 5) is 25.1. The number of hydrogen-bond acceptors (Lipinski definition) is 9. The van der Waals surface area contributed by atoms with Crippen LogP contribution in [0, 0.1) is 5.92 Å². The highest BCUT2D eigenvalue weighted by molar-refractivity contribution is 5.95. The molecule has 246 valence electrons. The van der Waals surface area contributed by atoms with Crippen LogP contribution in [0.2, 0.25) is 0 Å². The van der Waals surface area contributed by atoms with Gasteiger partial charge in [0, 0.05) is 13.2 Å². The number of carboxylic acids is 1. The molecule has 45 heavy (non-hydrogen) atoms. The van der Waals surface area contributed by atoms with E-state index >= 15 is 0 Å². The molecule has 0 bridgehead atoms. The zero-order valence-electron chi connectivity index (χ0n) is 25.4. The smallest absolute Gasteiger partial charge is 0.397 e. The van der Waals surface area contributed by atoms with Gasteiger partial charge in [-0.1, -0.05) is 36.4 Å². The minimum Gasteiger partial charge on any atom is -0.497 e. The van der Waals surface area contributed by atoms with Crippen LogP contribution in [-0.2, 0) is 18.9 Å². The first-order valence-electron chi connectivity index (χ1n) is 13.9. The Labute approximate surface area is 258 Å². The minimum absolute atomic E-state index is 0.0122. The van der Waals surface area contributed by atoms with E-state index in [1.165, 1.54) is 44.6 Å². The van der Waals surface area contributed by atoms with Crippen molar-refractivity contribution in [1.82, 2.24) is 0 Å². The molecular formula is C32H37F3O10. The third-order valence-corrected chi connectivity index (χ3v) is 6.76. The topological polar surface area (TPSA) is 130 Å². The molecule has 0 amide bonds. The number of halogens is 3. The number of hydrogen-bond donors (Lipinski definition) is 2. The van der Waals surface area contributed by atoms with E-state index < -0.39 is 54.2 Å². The van der Waals surface area contributed by atoms with E-state index in [1.807, 2.05) is 0 Å². The Kier molecular flexibility index (Phi) is 12.2. The Morgan fingerprint density at radius 2 is 1.78 bits per heavy atom. The monoisotopic (exact) mass is 638 g/mol. The Hall–Kier alpha value is -3.91. The highest BCUT2D eigenvalue weighted by atomic mass is 19.4. The second-order valence-electron chi connectivity index (χ2n) is 10.7. The van der Waals surface area contributed by atoms with Gasteiger partial charge in [-0.25, -0.2) is 9.59 Å². The average molecular weight is 639 g/mol. The van der Waals surface area contributed by atoms with Crippen LogP contribution in [0.15, 0.2) is 60.7 Å². The predicted molar refractivity (Wildman–Crippen MR) is 156 cm³/mol. The molecule has 2 aromatic rings. The Morgan fingerprint density at radius 1 is 1.09 bits per heavy atom. The number of aliphatic hydroxyl groups is 1. The third kappa shape index (κ3) is 9.79.